The van der Waals surface area contributed by atoms with Crippen LogP contribution in [0.2, 0.25) is 0 Å². The van der Waals surface area contributed by atoms with Crippen LogP contribution in [0.4, 0.5) is 0 Å². The van der Waals surface area contributed by atoms with E-state index >= 15 is 0 Å². The smallest absolute Gasteiger partial charge is 0.251 e. The highest BCUT2D eigenvalue weighted by Gasteiger charge is 2.17. The zero-order valence-electron chi connectivity index (χ0n) is 11.0. The quantitative estimate of drug-likeness (QED) is 0.929. The lowest BCUT2D eigenvalue weighted by molar-refractivity contribution is 0.0939. The molecule has 0 bridgehead atoms. The molecule has 0 saturated carbocycles. The Morgan fingerprint density at radius 2 is 2.15 bits per heavy atom. The number of rotatable bonds is 3. The van der Waals surface area contributed by atoms with Crippen LogP contribution >= 0.6 is 0 Å². The molecule has 0 fully saturated rings. The minimum absolute atomic E-state index is 0.110. The van der Waals surface area contributed by atoms with Crippen molar-refractivity contribution in [2.24, 2.45) is 0 Å². The first kappa shape index (κ1) is 12.5. The second-order valence-electron chi connectivity index (χ2n) is 4.55. The van der Waals surface area contributed by atoms with E-state index in [0.717, 1.165) is 5.56 Å². The zero-order valence-corrected chi connectivity index (χ0v) is 11.0. The van der Waals surface area contributed by atoms with Crippen LogP contribution in [0.1, 0.15) is 28.9 Å². The van der Waals surface area contributed by atoms with Gasteiger partial charge in [0.2, 0.25) is 6.79 Å². The number of pyridine rings is 1. The minimum atomic E-state index is -0.153. The van der Waals surface area contributed by atoms with Crippen molar-refractivity contribution in [2.45, 2.75) is 13.0 Å². The number of amides is 1. The third-order valence-corrected chi connectivity index (χ3v) is 3.17. The van der Waals surface area contributed by atoms with Crippen LogP contribution in [0.25, 0.3) is 0 Å². The molecule has 1 aromatic heterocycles. The van der Waals surface area contributed by atoms with Crippen molar-refractivity contribution >= 4 is 5.91 Å². The first-order chi connectivity index (χ1) is 9.74. The summed E-state index contributed by atoms with van der Waals surface area (Å²) in [6.45, 7) is 2.12. The van der Waals surface area contributed by atoms with Gasteiger partial charge in [0.15, 0.2) is 11.5 Å². The first-order valence-corrected chi connectivity index (χ1v) is 6.34. The summed E-state index contributed by atoms with van der Waals surface area (Å²) < 4.78 is 10.5. The van der Waals surface area contributed by atoms with E-state index in [1.807, 2.05) is 19.1 Å². The number of benzene rings is 1. The van der Waals surface area contributed by atoms with E-state index in [1.165, 1.54) is 0 Å². The topological polar surface area (TPSA) is 60.5 Å². The van der Waals surface area contributed by atoms with E-state index in [1.54, 1.807) is 30.6 Å². The van der Waals surface area contributed by atoms with Gasteiger partial charge in [-0.3, -0.25) is 9.78 Å². The third-order valence-electron chi connectivity index (χ3n) is 3.17. The van der Waals surface area contributed by atoms with Gasteiger partial charge in [-0.15, -0.1) is 0 Å². The molecule has 1 N–H and O–H groups in total. The number of ether oxygens (including phenoxy) is 2. The van der Waals surface area contributed by atoms with Gasteiger partial charge in [-0.1, -0.05) is 6.07 Å². The van der Waals surface area contributed by atoms with Crippen LogP contribution in [-0.4, -0.2) is 17.7 Å². The van der Waals surface area contributed by atoms with Crippen LogP contribution in [0, 0.1) is 0 Å². The van der Waals surface area contributed by atoms with E-state index in [9.17, 15) is 4.79 Å². The molecule has 1 aromatic carbocycles. The molecule has 0 aliphatic carbocycles. The lowest BCUT2D eigenvalue weighted by Crippen LogP contribution is -2.26. The van der Waals surface area contributed by atoms with Gasteiger partial charge in [0.25, 0.3) is 5.91 Å². The predicted molar refractivity (Wildman–Crippen MR) is 72.7 cm³/mol. The highest BCUT2D eigenvalue weighted by molar-refractivity contribution is 5.95. The van der Waals surface area contributed by atoms with Crippen molar-refractivity contribution in [1.82, 2.24) is 10.3 Å². The summed E-state index contributed by atoms with van der Waals surface area (Å²) in [5, 5.41) is 2.93. The normalized spacial score (nSPS) is 13.8. The van der Waals surface area contributed by atoms with Crippen LogP contribution in [0.3, 0.4) is 0 Å². The van der Waals surface area contributed by atoms with Gasteiger partial charge in [-0.05, 0) is 36.8 Å². The summed E-state index contributed by atoms with van der Waals surface area (Å²) >= 11 is 0. The Morgan fingerprint density at radius 3 is 2.95 bits per heavy atom. The molecule has 5 nitrogen and oxygen atoms in total. The molecule has 5 heteroatoms. The zero-order chi connectivity index (χ0) is 13.9. The average Bonchev–Trinajstić information content (AvgIpc) is 2.95. The fraction of sp³-hybridized carbons (Fsp3) is 0.200. The number of hydrogen-bond acceptors (Lipinski definition) is 4. The molecule has 0 unspecified atom stereocenters. The average molecular weight is 270 g/mol. The molecule has 0 spiro atoms. The number of aromatic nitrogens is 1. The second kappa shape index (κ2) is 5.21. The predicted octanol–water partition coefficient (Wildman–Crippen LogP) is 2.30. The van der Waals surface area contributed by atoms with Crippen LogP contribution < -0.4 is 14.8 Å². The molecule has 1 aliphatic heterocycles. The molecule has 1 aliphatic rings. The fourth-order valence-corrected chi connectivity index (χ4v) is 2.03. The Hall–Kier alpha value is -2.56. The molecule has 1 amide bonds. The van der Waals surface area contributed by atoms with E-state index in [4.69, 9.17) is 9.47 Å². The molecule has 3 rings (SSSR count). The summed E-state index contributed by atoms with van der Waals surface area (Å²) in [4.78, 5) is 16.2. The summed E-state index contributed by atoms with van der Waals surface area (Å²) in [5.74, 6) is 1.12. The van der Waals surface area contributed by atoms with Gasteiger partial charge < -0.3 is 14.8 Å². The number of nitrogens with zero attached hydrogens (tertiary/aromatic N) is 1. The lowest BCUT2D eigenvalue weighted by atomic mass is 10.1. The third kappa shape index (κ3) is 2.42. The monoisotopic (exact) mass is 270 g/mol. The van der Waals surface area contributed by atoms with Gasteiger partial charge in [0, 0.05) is 18.0 Å². The highest BCUT2D eigenvalue weighted by atomic mass is 16.7. The molecule has 20 heavy (non-hydrogen) atoms. The van der Waals surface area contributed by atoms with Gasteiger partial charge >= 0.3 is 0 Å². The molecule has 0 radical (unpaired) electrons. The Balaban J connectivity index is 1.73. The van der Waals surface area contributed by atoms with Crippen LogP contribution in [0.15, 0.2) is 42.7 Å². The Morgan fingerprint density at radius 1 is 1.30 bits per heavy atom. The van der Waals surface area contributed by atoms with Crippen molar-refractivity contribution in [1.29, 1.82) is 0 Å². The van der Waals surface area contributed by atoms with E-state index in [0.29, 0.717) is 17.1 Å². The first-order valence-electron chi connectivity index (χ1n) is 6.34. The molecular formula is C15H14N2O3. The van der Waals surface area contributed by atoms with E-state index in [-0.39, 0.29) is 18.7 Å². The van der Waals surface area contributed by atoms with E-state index < -0.39 is 0 Å². The number of fused-ring (bicyclic) bond motifs is 1. The molecule has 0 saturated heterocycles. The largest absolute Gasteiger partial charge is 0.454 e. The number of hydrogen-bond donors (Lipinski definition) is 1. The second-order valence-corrected chi connectivity index (χ2v) is 4.55. The molecule has 102 valence electrons. The maximum atomic E-state index is 12.2. The number of carbonyl (C=O) groups is 1. The molecule has 1 atom stereocenters. The molecule has 2 heterocycles. The summed E-state index contributed by atoms with van der Waals surface area (Å²) in [7, 11) is 0. The van der Waals surface area contributed by atoms with Gasteiger partial charge in [-0.2, -0.15) is 0 Å². The maximum Gasteiger partial charge on any atom is 0.251 e. The summed E-state index contributed by atoms with van der Waals surface area (Å²) in [5.41, 5.74) is 1.51. The minimum Gasteiger partial charge on any atom is -0.454 e. The Bertz CT molecular complexity index is 628. The Labute approximate surface area is 116 Å². The fourth-order valence-electron chi connectivity index (χ4n) is 2.03. The number of carbonyl (C=O) groups excluding carboxylic acids is 1. The van der Waals surface area contributed by atoms with Crippen molar-refractivity contribution in [2.75, 3.05) is 6.79 Å². The molecule has 2 aromatic rings. The van der Waals surface area contributed by atoms with E-state index in [2.05, 4.69) is 10.3 Å². The van der Waals surface area contributed by atoms with Gasteiger partial charge in [0.05, 0.1) is 6.04 Å². The van der Waals surface area contributed by atoms with Crippen molar-refractivity contribution in [3.05, 3.63) is 53.9 Å². The lowest BCUT2D eigenvalue weighted by Gasteiger charge is -2.14. The van der Waals surface area contributed by atoms with Crippen molar-refractivity contribution < 1.29 is 14.3 Å². The van der Waals surface area contributed by atoms with Gasteiger partial charge in [0.1, 0.15) is 0 Å². The van der Waals surface area contributed by atoms with Crippen LogP contribution in [0.5, 0.6) is 11.5 Å². The van der Waals surface area contributed by atoms with Crippen molar-refractivity contribution in [3.8, 4) is 11.5 Å². The maximum absolute atomic E-state index is 12.2. The Kier molecular flexibility index (Phi) is 3.25. The standard InChI is InChI=1S/C15H14N2O3/c1-10(12-3-2-6-16-8-12)17-15(18)11-4-5-13-14(7-11)20-9-19-13/h2-8,10H,9H2,1H3,(H,17,18)/t10-/m1/s1. The highest BCUT2D eigenvalue weighted by Crippen LogP contribution is 2.32. The number of nitrogens with one attached hydrogen (secondary N) is 1. The molecular weight excluding hydrogens is 256 g/mol. The summed E-state index contributed by atoms with van der Waals surface area (Å²) in [6, 6.07) is 8.82. The van der Waals surface area contributed by atoms with Gasteiger partial charge in [-0.25, -0.2) is 0 Å². The summed E-state index contributed by atoms with van der Waals surface area (Å²) in [6.07, 6.45) is 3.44. The van der Waals surface area contributed by atoms with Crippen molar-refractivity contribution in [3.63, 3.8) is 0 Å². The SMILES string of the molecule is C[C@@H](NC(=O)c1ccc2c(c1)OCO2)c1cccnc1. The van der Waals surface area contributed by atoms with Crippen LogP contribution in [-0.2, 0) is 0 Å².